The quantitative estimate of drug-likeness (QED) is 0.830. The number of benzene rings is 2. The van der Waals surface area contributed by atoms with Crippen molar-refractivity contribution in [1.29, 1.82) is 0 Å². The molecule has 2 aromatic carbocycles. The molecule has 2 nitrogen and oxygen atoms in total. The minimum Gasteiger partial charge on any atom is -0.322 e. The Labute approximate surface area is 111 Å². The van der Waals surface area contributed by atoms with Crippen LogP contribution in [0.3, 0.4) is 0 Å². The van der Waals surface area contributed by atoms with Crippen LogP contribution in [0.2, 0.25) is 5.02 Å². The summed E-state index contributed by atoms with van der Waals surface area (Å²) in [5.41, 5.74) is 0.0888. The maximum absolute atomic E-state index is 13.0. The van der Waals surface area contributed by atoms with Crippen molar-refractivity contribution in [3.63, 3.8) is 0 Å². The van der Waals surface area contributed by atoms with Crippen molar-refractivity contribution in [2.24, 2.45) is 0 Å². The molecule has 19 heavy (non-hydrogen) atoms. The third-order valence-corrected chi connectivity index (χ3v) is 2.60. The van der Waals surface area contributed by atoms with Gasteiger partial charge in [0.15, 0.2) is 17.5 Å². The number of rotatable bonds is 2. The third-order valence-electron chi connectivity index (χ3n) is 2.35. The minimum atomic E-state index is -1.61. The molecule has 0 saturated heterocycles. The molecular weight excluding hydrogens is 279 g/mol. The zero-order chi connectivity index (χ0) is 14.0. The van der Waals surface area contributed by atoms with Crippen LogP contribution in [0, 0.1) is 17.5 Å². The minimum absolute atomic E-state index is 0.314. The fraction of sp³-hybridized carbons (Fsp3) is 0. The fourth-order valence-corrected chi connectivity index (χ4v) is 1.55. The van der Waals surface area contributed by atoms with Gasteiger partial charge in [0.1, 0.15) is 0 Å². The van der Waals surface area contributed by atoms with Crippen molar-refractivity contribution < 1.29 is 18.0 Å². The van der Waals surface area contributed by atoms with E-state index in [2.05, 4.69) is 5.32 Å². The van der Waals surface area contributed by atoms with Crippen molar-refractivity contribution in [2.45, 2.75) is 0 Å². The molecule has 0 radical (unpaired) electrons. The molecule has 0 bridgehead atoms. The SMILES string of the molecule is O=C(Nc1ccc(Cl)cc1)c1cc(F)c(F)c(F)c1. The van der Waals surface area contributed by atoms with Crippen LogP contribution < -0.4 is 5.32 Å². The van der Waals surface area contributed by atoms with E-state index < -0.39 is 23.4 Å². The molecule has 6 heteroatoms. The summed E-state index contributed by atoms with van der Waals surface area (Å²) < 4.78 is 38.7. The number of carbonyl (C=O) groups excluding carboxylic acids is 1. The smallest absolute Gasteiger partial charge is 0.255 e. The molecule has 1 amide bonds. The molecule has 1 N–H and O–H groups in total. The molecule has 0 saturated carbocycles. The number of amides is 1. The lowest BCUT2D eigenvalue weighted by molar-refractivity contribution is 0.102. The van der Waals surface area contributed by atoms with Crippen LogP contribution in [0.15, 0.2) is 36.4 Å². The predicted molar refractivity (Wildman–Crippen MR) is 65.7 cm³/mol. The fourth-order valence-electron chi connectivity index (χ4n) is 1.42. The summed E-state index contributed by atoms with van der Waals surface area (Å²) in [5, 5.41) is 2.89. The van der Waals surface area contributed by atoms with Gasteiger partial charge in [0.2, 0.25) is 0 Å². The van der Waals surface area contributed by atoms with Gasteiger partial charge < -0.3 is 5.32 Å². The number of hydrogen-bond acceptors (Lipinski definition) is 1. The second-order valence-electron chi connectivity index (χ2n) is 3.71. The molecule has 2 rings (SSSR count). The van der Waals surface area contributed by atoms with E-state index in [1.807, 2.05) is 0 Å². The monoisotopic (exact) mass is 285 g/mol. The second-order valence-corrected chi connectivity index (χ2v) is 4.15. The number of anilines is 1. The molecular formula is C13H7ClF3NO. The average Bonchev–Trinajstić information content (AvgIpc) is 2.38. The Bertz CT molecular complexity index is 605. The van der Waals surface area contributed by atoms with Crippen LogP contribution in [-0.4, -0.2) is 5.91 Å². The lowest BCUT2D eigenvalue weighted by Gasteiger charge is -2.06. The number of halogens is 4. The Morgan fingerprint density at radius 1 is 1.00 bits per heavy atom. The zero-order valence-corrected chi connectivity index (χ0v) is 10.1. The Kier molecular flexibility index (Phi) is 3.76. The summed E-state index contributed by atoms with van der Waals surface area (Å²) in [5.74, 6) is -5.19. The molecule has 0 aliphatic rings. The van der Waals surface area contributed by atoms with Gasteiger partial charge in [-0.2, -0.15) is 0 Å². The number of carbonyl (C=O) groups is 1. The van der Waals surface area contributed by atoms with Crippen molar-refractivity contribution in [2.75, 3.05) is 5.32 Å². The maximum Gasteiger partial charge on any atom is 0.255 e. The number of hydrogen-bond donors (Lipinski definition) is 1. The normalized spacial score (nSPS) is 10.3. The molecule has 0 unspecified atom stereocenters. The summed E-state index contributed by atoms with van der Waals surface area (Å²) in [6.07, 6.45) is 0. The van der Waals surface area contributed by atoms with Crippen LogP contribution in [0.5, 0.6) is 0 Å². The predicted octanol–water partition coefficient (Wildman–Crippen LogP) is 4.01. The first-order valence-electron chi connectivity index (χ1n) is 5.19. The van der Waals surface area contributed by atoms with E-state index in [-0.39, 0.29) is 5.56 Å². The molecule has 0 atom stereocenters. The highest BCUT2D eigenvalue weighted by molar-refractivity contribution is 6.30. The Balaban J connectivity index is 2.23. The molecule has 0 aliphatic carbocycles. The Hall–Kier alpha value is -2.01. The van der Waals surface area contributed by atoms with Gasteiger partial charge in [-0.15, -0.1) is 0 Å². The van der Waals surface area contributed by atoms with E-state index in [1.54, 1.807) is 12.1 Å². The number of nitrogens with one attached hydrogen (secondary N) is 1. The Morgan fingerprint density at radius 3 is 2.05 bits per heavy atom. The molecule has 2 aromatic rings. The van der Waals surface area contributed by atoms with Gasteiger partial charge >= 0.3 is 0 Å². The van der Waals surface area contributed by atoms with Crippen molar-refractivity contribution in [3.05, 3.63) is 64.4 Å². The lowest BCUT2D eigenvalue weighted by atomic mass is 10.2. The van der Waals surface area contributed by atoms with Gasteiger partial charge in [-0.1, -0.05) is 11.6 Å². The van der Waals surface area contributed by atoms with Crippen molar-refractivity contribution in [3.8, 4) is 0 Å². The molecule has 0 heterocycles. The van der Waals surface area contributed by atoms with Gasteiger partial charge in [-0.05, 0) is 36.4 Å². The first-order chi connectivity index (χ1) is 8.97. The summed E-state index contributed by atoms with van der Waals surface area (Å²) in [6.45, 7) is 0. The zero-order valence-electron chi connectivity index (χ0n) is 9.38. The highest BCUT2D eigenvalue weighted by Gasteiger charge is 2.15. The molecule has 0 fully saturated rings. The van der Waals surface area contributed by atoms with Gasteiger partial charge in [0.05, 0.1) is 0 Å². The molecule has 98 valence electrons. The summed E-state index contributed by atoms with van der Waals surface area (Å²) >= 11 is 5.67. The Morgan fingerprint density at radius 2 is 1.53 bits per heavy atom. The summed E-state index contributed by atoms with van der Waals surface area (Å²) in [4.78, 5) is 11.7. The van der Waals surface area contributed by atoms with E-state index in [0.717, 1.165) is 0 Å². The molecule has 0 aliphatic heterocycles. The highest BCUT2D eigenvalue weighted by Crippen LogP contribution is 2.17. The van der Waals surface area contributed by atoms with Gasteiger partial charge in [0, 0.05) is 16.3 Å². The van der Waals surface area contributed by atoms with E-state index in [9.17, 15) is 18.0 Å². The van der Waals surface area contributed by atoms with Crippen molar-refractivity contribution >= 4 is 23.2 Å². The highest BCUT2D eigenvalue weighted by atomic mass is 35.5. The van der Waals surface area contributed by atoms with Crippen molar-refractivity contribution in [1.82, 2.24) is 0 Å². The average molecular weight is 286 g/mol. The van der Waals surface area contributed by atoms with Gasteiger partial charge in [0.25, 0.3) is 5.91 Å². The first kappa shape index (κ1) is 13.4. The van der Waals surface area contributed by atoms with E-state index in [1.165, 1.54) is 12.1 Å². The van der Waals surface area contributed by atoms with Crippen LogP contribution in [0.25, 0.3) is 0 Å². The third kappa shape index (κ3) is 3.06. The van der Waals surface area contributed by atoms with E-state index >= 15 is 0 Å². The lowest BCUT2D eigenvalue weighted by Crippen LogP contribution is -2.13. The largest absolute Gasteiger partial charge is 0.322 e. The summed E-state index contributed by atoms with van der Waals surface area (Å²) in [7, 11) is 0. The second kappa shape index (κ2) is 5.32. The molecule has 0 aromatic heterocycles. The standard InChI is InChI=1S/C13H7ClF3NO/c14-8-1-3-9(4-2-8)18-13(19)7-5-10(15)12(17)11(16)6-7/h1-6H,(H,18,19). The van der Waals surface area contributed by atoms with E-state index in [0.29, 0.717) is 22.8 Å². The molecule has 0 spiro atoms. The van der Waals surface area contributed by atoms with Crippen LogP contribution >= 0.6 is 11.6 Å². The van der Waals surface area contributed by atoms with Gasteiger partial charge in [-0.25, -0.2) is 13.2 Å². The van der Waals surface area contributed by atoms with Crippen LogP contribution in [0.1, 0.15) is 10.4 Å². The van der Waals surface area contributed by atoms with E-state index in [4.69, 9.17) is 11.6 Å². The van der Waals surface area contributed by atoms with Crippen LogP contribution in [-0.2, 0) is 0 Å². The maximum atomic E-state index is 13.0. The van der Waals surface area contributed by atoms with Crippen LogP contribution in [0.4, 0.5) is 18.9 Å². The van der Waals surface area contributed by atoms with Gasteiger partial charge in [-0.3, -0.25) is 4.79 Å². The topological polar surface area (TPSA) is 29.1 Å². The summed E-state index contributed by atoms with van der Waals surface area (Å²) in [6, 6.07) is 7.40. The first-order valence-corrected chi connectivity index (χ1v) is 5.56.